The molecule has 0 bridgehead atoms. The van der Waals surface area contributed by atoms with E-state index in [9.17, 15) is 0 Å². The van der Waals surface area contributed by atoms with Crippen molar-refractivity contribution >= 4 is 11.4 Å². The van der Waals surface area contributed by atoms with Crippen LogP contribution in [0.25, 0.3) is 0 Å². The van der Waals surface area contributed by atoms with Gasteiger partial charge in [-0.2, -0.15) is 0 Å². The molecule has 2 N–H and O–H groups in total. The highest BCUT2D eigenvalue weighted by molar-refractivity contribution is 5.55. The molecule has 2 fully saturated rings. The molecule has 0 amide bonds. The maximum Gasteiger partial charge on any atom is 0.0606 e. The van der Waals surface area contributed by atoms with Crippen molar-refractivity contribution in [3.63, 3.8) is 0 Å². The Morgan fingerprint density at radius 1 is 1.24 bits per heavy atom. The number of rotatable bonds is 5. The Balaban J connectivity index is 1.55. The predicted molar refractivity (Wildman–Crippen MR) is 88.0 cm³/mol. The number of fused-ring (bicyclic) bond motifs is 1. The molecule has 1 aromatic rings. The lowest BCUT2D eigenvalue weighted by atomic mass is 9.97. The van der Waals surface area contributed by atoms with Gasteiger partial charge in [0.05, 0.1) is 6.61 Å². The molecule has 21 heavy (non-hydrogen) atoms. The molecule has 4 heteroatoms. The number of nitrogens with one attached hydrogen (secondary N) is 1. The number of hydrogen-bond donors (Lipinski definition) is 2. The summed E-state index contributed by atoms with van der Waals surface area (Å²) in [7, 11) is 2.01. The minimum absolute atomic E-state index is 0.191. The summed E-state index contributed by atoms with van der Waals surface area (Å²) >= 11 is 0. The monoisotopic (exact) mass is 289 g/mol. The molecule has 2 atom stereocenters. The average molecular weight is 289 g/mol. The topological polar surface area (TPSA) is 38.7 Å². The van der Waals surface area contributed by atoms with Gasteiger partial charge in [0.25, 0.3) is 0 Å². The molecule has 0 aromatic heterocycles. The molecular formula is C17H27N3O. The molecule has 2 aliphatic rings. The van der Waals surface area contributed by atoms with Crippen LogP contribution in [0.1, 0.15) is 25.7 Å². The van der Waals surface area contributed by atoms with Gasteiger partial charge < -0.3 is 20.2 Å². The summed E-state index contributed by atoms with van der Waals surface area (Å²) in [6.45, 7) is 3.42. The van der Waals surface area contributed by atoms with Gasteiger partial charge in [-0.25, -0.2) is 0 Å². The molecule has 1 aromatic carbocycles. The maximum atomic E-state index is 8.99. The summed E-state index contributed by atoms with van der Waals surface area (Å²) in [5, 5.41) is 12.7. The van der Waals surface area contributed by atoms with Crippen LogP contribution in [0.5, 0.6) is 0 Å². The van der Waals surface area contributed by atoms with E-state index in [4.69, 9.17) is 5.11 Å². The predicted octanol–water partition coefficient (Wildman–Crippen LogP) is 2.15. The van der Waals surface area contributed by atoms with Crippen molar-refractivity contribution < 1.29 is 5.11 Å². The minimum atomic E-state index is 0.191. The largest absolute Gasteiger partial charge is 0.395 e. The molecule has 2 heterocycles. The zero-order valence-electron chi connectivity index (χ0n) is 13.0. The first-order valence-electron chi connectivity index (χ1n) is 8.19. The van der Waals surface area contributed by atoms with Crippen LogP contribution in [0.15, 0.2) is 24.3 Å². The standard InChI is InChI=1S/C17H27N3O/c1-19(11-12-21)16-6-4-14(5-7-16)18-15-8-10-20-9-2-3-17(20)13-15/h4-7,15,17-18,21H,2-3,8-13H2,1H3. The van der Waals surface area contributed by atoms with Gasteiger partial charge in [-0.1, -0.05) is 0 Å². The normalized spacial score (nSPS) is 25.6. The van der Waals surface area contributed by atoms with Crippen LogP contribution in [0.2, 0.25) is 0 Å². The molecule has 0 spiro atoms. The summed E-state index contributed by atoms with van der Waals surface area (Å²) in [5.74, 6) is 0. The van der Waals surface area contributed by atoms with Gasteiger partial charge in [-0.05, 0) is 56.5 Å². The molecule has 0 saturated carbocycles. The number of aliphatic hydroxyl groups excluding tert-OH is 1. The van der Waals surface area contributed by atoms with E-state index in [0.29, 0.717) is 12.6 Å². The smallest absolute Gasteiger partial charge is 0.0606 e. The number of nitrogens with zero attached hydrogens (tertiary/aromatic N) is 2. The third-order valence-electron chi connectivity index (χ3n) is 4.93. The van der Waals surface area contributed by atoms with E-state index in [1.807, 2.05) is 7.05 Å². The van der Waals surface area contributed by atoms with Crippen LogP contribution in [0, 0.1) is 0 Å². The lowest BCUT2D eigenvalue weighted by Gasteiger charge is -2.35. The van der Waals surface area contributed by atoms with Crippen LogP contribution in [-0.4, -0.2) is 55.4 Å². The second-order valence-electron chi connectivity index (χ2n) is 6.39. The molecule has 2 aliphatic heterocycles. The van der Waals surface area contributed by atoms with E-state index in [0.717, 1.165) is 11.7 Å². The van der Waals surface area contributed by atoms with E-state index in [1.54, 1.807) is 0 Å². The van der Waals surface area contributed by atoms with Crippen LogP contribution >= 0.6 is 0 Å². The zero-order chi connectivity index (χ0) is 14.7. The average Bonchev–Trinajstić information content (AvgIpc) is 2.96. The number of piperidine rings is 1. The highest BCUT2D eigenvalue weighted by Gasteiger charge is 2.31. The van der Waals surface area contributed by atoms with Gasteiger partial charge in [0, 0.05) is 43.6 Å². The second-order valence-corrected chi connectivity index (χ2v) is 6.39. The van der Waals surface area contributed by atoms with Crippen LogP contribution < -0.4 is 10.2 Å². The summed E-state index contributed by atoms with van der Waals surface area (Å²) in [4.78, 5) is 4.73. The van der Waals surface area contributed by atoms with E-state index in [2.05, 4.69) is 39.4 Å². The molecule has 2 unspecified atom stereocenters. The number of benzene rings is 1. The zero-order valence-corrected chi connectivity index (χ0v) is 13.0. The number of likely N-dealkylation sites (N-methyl/N-ethyl adjacent to an activating group) is 1. The third kappa shape index (κ3) is 3.50. The van der Waals surface area contributed by atoms with Crippen molar-refractivity contribution in [3.8, 4) is 0 Å². The highest BCUT2D eigenvalue weighted by Crippen LogP contribution is 2.28. The van der Waals surface area contributed by atoms with E-state index >= 15 is 0 Å². The molecule has 0 aliphatic carbocycles. The quantitative estimate of drug-likeness (QED) is 0.871. The van der Waals surface area contributed by atoms with Crippen molar-refractivity contribution in [1.82, 2.24) is 4.90 Å². The number of aliphatic hydroxyl groups is 1. The minimum Gasteiger partial charge on any atom is -0.395 e. The fourth-order valence-corrected chi connectivity index (χ4v) is 3.68. The number of hydrogen-bond acceptors (Lipinski definition) is 4. The van der Waals surface area contributed by atoms with E-state index < -0.39 is 0 Å². The van der Waals surface area contributed by atoms with Gasteiger partial charge in [0.1, 0.15) is 0 Å². The van der Waals surface area contributed by atoms with Gasteiger partial charge in [-0.3, -0.25) is 0 Å². The molecule has 116 valence electrons. The summed E-state index contributed by atoms with van der Waals surface area (Å²) in [5.41, 5.74) is 2.37. The molecule has 0 radical (unpaired) electrons. The summed E-state index contributed by atoms with van der Waals surface area (Å²) in [6.07, 6.45) is 5.29. The lowest BCUT2D eigenvalue weighted by molar-refractivity contribution is 0.188. The van der Waals surface area contributed by atoms with Crippen LogP contribution in [-0.2, 0) is 0 Å². The Bertz CT molecular complexity index is 448. The van der Waals surface area contributed by atoms with Crippen molar-refractivity contribution in [2.75, 3.05) is 43.5 Å². The molecule has 3 rings (SSSR count). The van der Waals surface area contributed by atoms with Gasteiger partial charge in [-0.15, -0.1) is 0 Å². The molecule has 2 saturated heterocycles. The molecule has 4 nitrogen and oxygen atoms in total. The fourth-order valence-electron chi connectivity index (χ4n) is 3.68. The van der Waals surface area contributed by atoms with Crippen molar-refractivity contribution in [2.45, 2.75) is 37.8 Å². The Hall–Kier alpha value is -1.26. The first-order valence-corrected chi connectivity index (χ1v) is 8.19. The van der Waals surface area contributed by atoms with Gasteiger partial charge in [0.2, 0.25) is 0 Å². The highest BCUT2D eigenvalue weighted by atomic mass is 16.3. The second kappa shape index (κ2) is 6.67. The van der Waals surface area contributed by atoms with E-state index in [-0.39, 0.29) is 6.61 Å². The Labute approximate surface area is 127 Å². The lowest BCUT2D eigenvalue weighted by Crippen LogP contribution is -2.42. The third-order valence-corrected chi connectivity index (χ3v) is 4.93. The van der Waals surface area contributed by atoms with Crippen molar-refractivity contribution in [1.29, 1.82) is 0 Å². The SMILES string of the molecule is CN(CCO)c1ccc(NC2CCN3CCCC3C2)cc1. The summed E-state index contributed by atoms with van der Waals surface area (Å²) in [6, 6.07) is 10.00. The number of anilines is 2. The Morgan fingerprint density at radius 3 is 2.81 bits per heavy atom. The van der Waals surface area contributed by atoms with Crippen molar-refractivity contribution in [2.24, 2.45) is 0 Å². The Kier molecular flexibility index (Phi) is 4.66. The fraction of sp³-hybridized carbons (Fsp3) is 0.647. The van der Waals surface area contributed by atoms with E-state index in [1.165, 1.54) is 44.5 Å². The first-order chi connectivity index (χ1) is 10.3. The van der Waals surface area contributed by atoms with Crippen LogP contribution in [0.4, 0.5) is 11.4 Å². The van der Waals surface area contributed by atoms with Crippen LogP contribution in [0.3, 0.4) is 0 Å². The van der Waals surface area contributed by atoms with Crippen molar-refractivity contribution in [3.05, 3.63) is 24.3 Å². The molecular weight excluding hydrogens is 262 g/mol. The Morgan fingerprint density at radius 2 is 2.05 bits per heavy atom. The first kappa shape index (κ1) is 14.7. The summed E-state index contributed by atoms with van der Waals surface area (Å²) < 4.78 is 0. The maximum absolute atomic E-state index is 8.99. The van der Waals surface area contributed by atoms with Gasteiger partial charge >= 0.3 is 0 Å². The van der Waals surface area contributed by atoms with Gasteiger partial charge in [0.15, 0.2) is 0 Å².